The number of fused-ring (bicyclic) bond motifs is 1. The van der Waals surface area contributed by atoms with Crippen molar-refractivity contribution >= 4 is 10.9 Å². The number of hydrogen-bond donors (Lipinski definition) is 2. The molecule has 0 aliphatic carbocycles. The molecule has 0 aliphatic heterocycles. The van der Waals surface area contributed by atoms with Gasteiger partial charge in [0.1, 0.15) is 17.5 Å². The molecule has 0 spiro atoms. The summed E-state index contributed by atoms with van der Waals surface area (Å²) in [5, 5.41) is 0.586. The zero-order valence-electron chi connectivity index (χ0n) is 13.3. The minimum Gasteiger partial charge on any atom is -0.342 e. The van der Waals surface area contributed by atoms with Gasteiger partial charge in [0, 0.05) is 12.8 Å². The zero-order chi connectivity index (χ0) is 17.2. The summed E-state index contributed by atoms with van der Waals surface area (Å²) in [4.78, 5) is 26.9. The Kier molecular flexibility index (Phi) is 3.85. The monoisotopic (exact) mass is 334 g/mol. The lowest BCUT2D eigenvalue weighted by Crippen LogP contribution is -2.12. The van der Waals surface area contributed by atoms with E-state index in [0.29, 0.717) is 29.6 Å². The largest absolute Gasteiger partial charge is 0.342 e. The lowest BCUT2D eigenvalue weighted by molar-refractivity contribution is 0.628. The first-order valence-corrected chi connectivity index (χ1v) is 7.97. The fraction of sp³-hybridized carbons (Fsp3) is 0.105. The Labute approximate surface area is 142 Å². The Morgan fingerprint density at radius 1 is 0.920 bits per heavy atom. The molecule has 0 fully saturated rings. The van der Waals surface area contributed by atoms with Gasteiger partial charge in [-0.1, -0.05) is 12.1 Å². The highest BCUT2D eigenvalue weighted by Gasteiger charge is 2.07. The molecule has 0 atom stereocenters. The second-order valence-electron chi connectivity index (χ2n) is 5.78. The van der Waals surface area contributed by atoms with Crippen LogP contribution in [-0.2, 0) is 12.8 Å². The number of aromatic nitrogens is 4. The summed E-state index contributed by atoms with van der Waals surface area (Å²) in [5.41, 5.74) is 2.26. The van der Waals surface area contributed by atoms with Gasteiger partial charge in [0.15, 0.2) is 0 Å². The van der Waals surface area contributed by atoms with Crippen molar-refractivity contribution < 1.29 is 4.39 Å². The first-order valence-electron chi connectivity index (χ1n) is 7.97. The lowest BCUT2D eigenvalue weighted by Gasteiger charge is -2.02. The number of benzene rings is 2. The Morgan fingerprint density at radius 3 is 2.52 bits per heavy atom. The van der Waals surface area contributed by atoms with Crippen LogP contribution in [0.4, 0.5) is 4.39 Å². The predicted octanol–water partition coefficient (Wildman–Crippen LogP) is 3.24. The Balaban J connectivity index is 1.52. The fourth-order valence-corrected chi connectivity index (χ4v) is 2.76. The highest BCUT2D eigenvalue weighted by molar-refractivity contribution is 5.77. The van der Waals surface area contributed by atoms with E-state index in [2.05, 4.69) is 19.9 Å². The van der Waals surface area contributed by atoms with Gasteiger partial charge < -0.3 is 9.97 Å². The Hall–Kier alpha value is -3.28. The smallest absolute Gasteiger partial charge is 0.258 e. The van der Waals surface area contributed by atoms with Crippen LogP contribution < -0.4 is 5.56 Å². The van der Waals surface area contributed by atoms with E-state index in [1.165, 1.54) is 12.1 Å². The molecule has 2 heterocycles. The van der Waals surface area contributed by atoms with Crippen molar-refractivity contribution in [3.8, 4) is 11.3 Å². The van der Waals surface area contributed by atoms with Crippen LogP contribution in [0.3, 0.4) is 0 Å². The standard InChI is InChI=1S/C19H15FN4O/c20-13-7-5-12(6-8-13)16-11-21-17(23-16)9-10-18-22-15-4-2-1-3-14(15)19(25)24-18/h1-8,11H,9-10H2,(H,21,23)(H,22,24,25). The highest BCUT2D eigenvalue weighted by Crippen LogP contribution is 2.17. The van der Waals surface area contributed by atoms with Crippen LogP contribution in [0.1, 0.15) is 11.6 Å². The molecule has 2 aromatic heterocycles. The minimum absolute atomic E-state index is 0.132. The quantitative estimate of drug-likeness (QED) is 0.602. The van der Waals surface area contributed by atoms with E-state index >= 15 is 0 Å². The van der Waals surface area contributed by atoms with Crippen molar-refractivity contribution in [1.29, 1.82) is 0 Å². The number of hydrogen-bond acceptors (Lipinski definition) is 3. The summed E-state index contributed by atoms with van der Waals surface area (Å²) in [6.45, 7) is 0. The Bertz CT molecular complexity index is 1080. The number of para-hydroxylation sites is 1. The van der Waals surface area contributed by atoms with E-state index in [0.717, 1.165) is 17.1 Å². The van der Waals surface area contributed by atoms with Crippen LogP contribution in [0, 0.1) is 5.82 Å². The van der Waals surface area contributed by atoms with E-state index in [4.69, 9.17) is 0 Å². The number of imidazole rings is 1. The summed E-state index contributed by atoms with van der Waals surface area (Å²) >= 11 is 0. The van der Waals surface area contributed by atoms with E-state index in [1.807, 2.05) is 18.2 Å². The lowest BCUT2D eigenvalue weighted by atomic mass is 10.2. The van der Waals surface area contributed by atoms with Gasteiger partial charge in [-0.05, 0) is 42.0 Å². The van der Waals surface area contributed by atoms with Gasteiger partial charge in [0.2, 0.25) is 0 Å². The summed E-state index contributed by atoms with van der Waals surface area (Å²) in [5.74, 6) is 1.15. The maximum Gasteiger partial charge on any atom is 0.258 e. The molecule has 0 saturated heterocycles. The van der Waals surface area contributed by atoms with Crippen LogP contribution >= 0.6 is 0 Å². The van der Waals surface area contributed by atoms with Crippen molar-refractivity contribution in [2.24, 2.45) is 0 Å². The molecule has 25 heavy (non-hydrogen) atoms. The second kappa shape index (κ2) is 6.32. The number of aryl methyl sites for hydroxylation is 2. The van der Waals surface area contributed by atoms with Crippen LogP contribution in [0.25, 0.3) is 22.2 Å². The van der Waals surface area contributed by atoms with Gasteiger partial charge in [0.05, 0.1) is 22.8 Å². The third kappa shape index (κ3) is 3.19. The highest BCUT2D eigenvalue weighted by atomic mass is 19.1. The predicted molar refractivity (Wildman–Crippen MR) is 93.8 cm³/mol. The first-order chi connectivity index (χ1) is 12.2. The molecule has 6 heteroatoms. The van der Waals surface area contributed by atoms with Crippen molar-refractivity contribution in [3.63, 3.8) is 0 Å². The average Bonchev–Trinajstić information content (AvgIpc) is 3.10. The normalized spacial score (nSPS) is 11.1. The number of nitrogens with zero attached hydrogens (tertiary/aromatic N) is 2. The van der Waals surface area contributed by atoms with Crippen molar-refractivity contribution in [2.45, 2.75) is 12.8 Å². The van der Waals surface area contributed by atoms with Gasteiger partial charge in [-0.3, -0.25) is 4.79 Å². The third-order valence-electron chi connectivity index (χ3n) is 4.04. The van der Waals surface area contributed by atoms with Crippen molar-refractivity contribution in [2.75, 3.05) is 0 Å². The molecule has 0 aliphatic rings. The zero-order valence-corrected chi connectivity index (χ0v) is 13.3. The molecule has 0 bridgehead atoms. The van der Waals surface area contributed by atoms with E-state index in [-0.39, 0.29) is 11.4 Å². The van der Waals surface area contributed by atoms with Crippen molar-refractivity contribution in [3.05, 3.63) is 82.5 Å². The average molecular weight is 334 g/mol. The summed E-state index contributed by atoms with van der Waals surface area (Å²) in [7, 11) is 0. The maximum atomic E-state index is 13.0. The molecule has 0 radical (unpaired) electrons. The van der Waals surface area contributed by atoms with Gasteiger partial charge in [-0.2, -0.15) is 0 Å². The van der Waals surface area contributed by atoms with Gasteiger partial charge in [0.25, 0.3) is 5.56 Å². The fourth-order valence-electron chi connectivity index (χ4n) is 2.76. The molecule has 2 aromatic carbocycles. The van der Waals surface area contributed by atoms with Gasteiger partial charge in [-0.15, -0.1) is 0 Å². The molecule has 4 rings (SSSR count). The maximum absolute atomic E-state index is 13.0. The van der Waals surface area contributed by atoms with E-state index in [9.17, 15) is 9.18 Å². The number of nitrogens with one attached hydrogen (secondary N) is 2. The van der Waals surface area contributed by atoms with E-state index < -0.39 is 0 Å². The molecule has 5 nitrogen and oxygen atoms in total. The molecule has 124 valence electrons. The second-order valence-corrected chi connectivity index (χ2v) is 5.78. The molecule has 0 unspecified atom stereocenters. The molecular formula is C19H15FN4O. The van der Waals surface area contributed by atoms with Crippen LogP contribution in [-0.4, -0.2) is 19.9 Å². The number of H-pyrrole nitrogens is 2. The molecule has 2 N–H and O–H groups in total. The molecule has 0 amide bonds. The van der Waals surface area contributed by atoms with E-state index in [1.54, 1.807) is 24.4 Å². The van der Waals surface area contributed by atoms with Crippen LogP contribution in [0.2, 0.25) is 0 Å². The number of halogens is 1. The van der Waals surface area contributed by atoms with Crippen molar-refractivity contribution in [1.82, 2.24) is 19.9 Å². The minimum atomic E-state index is -0.269. The van der Waals surface area contributed by atoms with Gasteiger partial charge >= 0.3 is 0 Å². The number of aromatic amines is 2. The summed E-state index contributed by atoms with van der Waals surface area (Å²) in [6, 6.07) is 13.5. The molecular weight excluding hydrogens is 319 g/mol. The molecule has 0 saturated carbocycles. The summed E-state index contributed by atoms with van der Waals surface area (Å²) < 4.78 is 13.0. The van der Waals surface area contributed by atoms with Crippen LogP contribution in [0.15, 0.2) is 59.5 Å². The van der Waals surface area contributed by atoms with Crippen LogP contribution in [0.5, 0.6) is 0 Å². The SMILES string of the molecule is O=c1[nH]c(CCc2ncc(-c3ccc(F)cc3)[nH]2)nc2ccccc12. The number of rotatable bonds is 4. The van der Waals surface area contributed by atoms with Gasteiger partial charge in [-0.25, -0.2) is 14.4 Å². The molecule has 4 aromatic rings. The summed E-state index contributed by atoms with van der Waals surface area (Å²) in [6.07, 6.45) is 2.90. The first kappa shape index (κ1) is 15.3. The third-order valence-corrected chi connectivity index (χ3v) is 4.04. The topological polar surface area (TPSA) is 74.4 Å². The Morgan fingerprint density at radius 2 is 1.68 bits per heavy atom.